The first-order valence-corrected chi connectivity index (χ1v) is 4.00. The van der Waals surface area contributed by atoms with Gasteiger partial charge in [-0.2, -0.15) is 0 Å². The summed E-state index contributed by atoms with van der Waals surface area (Å²) in [5.41, 5.74) is 0.334. The number of carboxylic acids is 1. The highest BCUT2D eigenvalue weighted by Crippen LogP contribution is 2.41. The van der Waals surface area contributed by atoms with Crippen LogP contribution in [-0.2, 0) is 9.53 Å². The van der Waals surface area contributed by atoms with E-state index in [9.17, 15) is 4.79 Å². The van der Waals surface area contributed by atoms with Crippen molar-refractivity contribution < 1.29 is 14.6 Å². The molecule has 1 unspecified atom stereocenters. The summed E-state index contributed by atoms with van der Waals surface area (Å²) < 4.78 is 4.92. The van der Waals surface area contributed by atoms with E-state index in [4.69, 9.17) is 9.84 Å². The first kappa shape index (κ1) is 9.26. The third-order valence-electron chi connectivity index (χ3n) is 2.42. The Morgan fingerprint density at radius 2 is 2.50 bits per heavy atom. The lowest BCUT2D eigenvalue weighted by molar-refractivity contribution is -0.151. The van der Waals surface area contributed by atoms with Crippen LogP contribution >= 0.6 is 0 Å². The summed E-state index contributed by atoms with van der Waals surface area (Å²) >= 11 is 0. The van der Waals surface area contributed by atoms with Crippen LogP contribution in [0, 0.1) is 5.41 Å². The molecule has 0 bridgehead atoms. The number of carbonyl (C=O) groups is 1. The largest absolute Gasteiger partial charge is 0.481 e. The van der Waals surface area contributed by atoms with Crippen molar-refractivity contribution in [1.82, 2.24) is 0 Å². The maximum atomic E-state index is 10.9. The molecule has 3 heteroatoms. The molecule has 0 aromatic rings. The summed E-state index contributed by atoms with van der Waals surface area (Å²) in [5.74, 6) is -0.761. The van der Waals surface area contributed by atoms with Gasteiger partial charge in [0.25, 0.3) is 0 Å². The third-order valence-corrected chi connectivity index (χ3v) is 2.42. The maximum Gasteiger partial charge on any atom is 0.312 e. The van der Waals surface area contributed by atoms with Crippen molar-refractivity contribution in [3.63, 3.8) is 0 Å². The molecule has 68 valence electrons. The highest BCUT2D eigenvalue weighted by Gasteiger charge is 2.42. The number of ether oxygens (including phenoxy) is 1. The lowest BCUT2D eigenvalue weighted by atomic mass is 9.87. The molecule has 0 saturated heterocycles. The van der Waals surface area contributed by atoms with Gasteiger partial charge in [0.05, 0.1) is 12.0 Å². The van der Waals surface area contributed by atoms with Gasteiger partial charge in [0.15, 0.2) is 0 Å². The molecule has 0 amide bonds. The van der Waals surface area contributed by atoms with Gasteiger partial charge in [0.2, 0.25) is 0 Å². The Kier molecular flexibility index (Phi) is 2.52. The summed E-state index contributed by atoms with van der Waals surface area (Å²) in [6, 6.07) is 0. The lowest BCUT2D eigenvalue weighted by Crippen LogP contribution is -2.32. The summed E-state index contributed by atoms with van der Waals surface area (Å²) in [6.45, 7) is 4.09. The number of hydrogen-bond donors (Lipinski definition) is 1. The molecule has 12 heavy (non-hydrogen) atoms. The van der Waals surface area contributed by atoms with Crippen LogP contribution in [0.3, 0.4) is 0 Å². The molecule has 1 saturated carbocycles. The molecule has 0 spiro atoms. The van der Waals surface area contributed by atoms with E-state index in [1.807, 2.05) is 0 Å². The summed E-state index contributed by atoms with van der Waals surface area (Å²) in [6.07, 6.45) is 2.04. The maximum absolute atomic E-state index is 10.9. The number of aliphatic carboxylic acids is 1. The number of carboxylic acid groups (broad SMARTS) is 1. The predicted molar refractivity (Wildman–Crippen MR) is 44.9 cm³/mol. The minimum Gasteiger partial charge on any atom is -0.481 e. The number of hydrogen-bond acceptors (Lipinski definition) is 2. The van der Waals surface area contributed by atoms with Crippen LogP contribution in [0.1, 0.15) is 19.3 Å². The zero-order valence-electron chi connectivity index (χ0n) is 7.30. The second-order valence-corrected chi connectivity index (χ2v) is 3.45. The zero-order chi connectivity index (χ0) is 9.19. The van der Waals surface area contributed by atoms with Crippen molar-refractivity contribution in [2.24, 2.45) is 5.41 Å². The van der Waals surface area contributed by atoms with Gasteiger partial charge in [0, 0.05) is 7.11 Å². The fraction of sp³-hybridized carbons (Fsp3) is 0.667. The van der Waals surface area contributed by atoms with Crippen molar-refractivity contribution in [1.29, 1.82) is 0 Å². The highest BCUT2D eigenvalue weighted by atomic mass is 16.5. The SMILES string of the molecule is C=C1CCC(COC)(C(=O)O)C1. The van der Waals surface area contributed by atoms with Gasteiger partial charge < -0.3 is 9.84 Å². The van der Waals surface area contributed by atoms with E-state index in [-0.39, 0.29) is 0 Å². The Hall–Kier alpha value is -0.830. The molecule has 1 aliphatic carbocycles. The molecule has 0 aliphatic heterocycles. The average Bonchev–Trinajstić information content (AvgIpc) is 2.34. The first-order chi connectivity index (χ1) is 5.60. The molecule has 0 heterocycles. The molecule has 0 aromatic carbocycles. The Morgan fingerprint density at radius 1 is 1.83 bits per heavy atom. The van der Waals surface area contributed by atoms with Crippen LogP contribution in [0.2, 0.25) is 0 Å². The molecular weight excluding hydrogens is 156 g/mol. The van der Waals surface area contributed by atoms with Gasteiger partial charge in [0.1, 0.15) is 0 Å². The van der Waals surface area contributed by atoms with E-state index in [1.54, 1.807) is 0 Å². The fourth-order valence-corrected chi connectivity index (χ4v) is 1.72. The van der Waals surface area contributed by atoms with Gasteiger partial charge in [-0.25, -0.2) is 0 Å². The van der Waals surface area contributed by atoms with Gasteiger partial charge in [-0.05, 0) is 19.3 Å². The van der Waals surface area contributed by atoms with Gasteiger partial charge >= 0.3 is 5.97 Å². The zero-order valence-corrected chi connectivity index (χ0v) is 7.30. The Labute approximate surface area is 72.0 Å². The Balaban J connectivity index is 2.74. The van der Waals surface area contributed by atoms with E-state index in [2.05, 4.69) is 6.58 Å². The molecule has 1 atom stereocenters. The first-order valence-electron chi connectivity index (χ1n) is 4.00. The standard InChI is InChI=1S/C9H14O3/c1-7-3-4-9(5-7,6-12-2)8(10)11/h1,3-6H2,2H3,(H,10,11). The van der Waals surface area contributed by atoms with Crippen LogP contribution in [0.15, 0.2) is 12.2 Å². The quantitative estimate of drug-likeness (QED) is 0.652. The predicted octanol–water partition coefficient (Wildman–Crippen LogP) is 1.44. The van der Waals surface area contributed by atoms with E-state index in [1.165, 1.54) is 7.11 Å². The average molecular weight is 170 g/mol. The van der Waals surface area contributed by atoms with E-state index < -0.39 is 11.4 Å². The van der Waals surface area contributed by atoms with Crippen molar-refractivity contribution in [3.8, 4) is 0 Å². The van der Waals surface area contributed by atoms with Gasteiger partial charge in [-0.1, -0.05) is 12.2 Å². The van der Waals surface area contributed by atoms with Crippen molar-refractivity contribution >= 4 is 5.97 Å². The molecule has 1 fully saturated rings. The van der Waals surface area contributed by atoms with Crippen LogP contribution in [-0.4, -0.2) is 24.8 Å². The normalized spacial score (nSPS) is 29.2. The van der Waals surface area contributed by atoms with E-state index in [0.717, 1.165) is 12.0 Å². The minimum atomic E-state index is -0.761. The van der Waals surface area contributed by atoms with Crippen molar-refractivity contribution in [2.45, 2.75) is 19.3 Å². The smallest absolute Gasteiger partial charge is 0.312 e. The van der Waals surface area contributed by atoms with Gasteiger partial charge in [-0.15, -0.1) is 0 Å². The molecular formula is C9H14O3. The molecule has 1 N–H and O–H groups in total. The highest BCUT2D eigenvalue weighted by molar-refractivity contribution is 5.76. The molecule has 1 rings (SSSR count). The van der Waals surface area contributed by atoms with Crippen LogP contribution in [0.25, 0.3) is 0 Å². The fourth-order valence-electron chi connectivity index (χ4n) is 1.72. The minimum absolute atomic E-state index is 0.293. The number of allylic oxidation sites excluding steroid dienone is 1. The topological polar surface area (TPSA) is 46.5 Å². The molecule has 1 aliphatic rings. The molecule has 0 radical (unpaired) electrons. The molecule has 3 nitrogen and oxygen atoms in total. The Morgan fingerprint density at radius 3 is 2.83 bits per heavy atom. The second kappa shape index (κ2) is 3.27. The lowest BCUT2D eigenvalue weighted by Gasteiger charge is -2.21. The summed E-state index contributed by atoms with van der Waals surface area (Å²) in [7, 11) is 1.53. The molecule has 0 aromatic heterocycles. The second-order valence-electron chi connectivity index (χ2n) is 3.45. The van der Waals surface area contributed by atoms with E-state index >= 15 is 0 Å². The number of methoxy groups -OCH3 is 1. The van der Waals surface area contributed by atoms with Crippen molar-refractivity contribution in [2.75, 3.05) is 13.7 Å². The third kappa shape index (κ3) is 1.50. The monoisotopic (exact) mass is 170 g/mol. The Bertz CT molecular complexity index is 210. The van der Waals surface area contributed by atoms with Crippen LogP contribution in [0.4, 0.5) is 0 Å². The van der Waals surface area contributed by atoms with Crippen LogP contribution < -0.4 is 0 Å². The summed E-state index contributed by atoms with van der Waals surface area (Å²) in [5, 5.41) is 8.99. The van der Waals surface area contributed by atoms with E-state index in [0.29, 0.717) is 19.4 Å². The number of rotatable bonds is 3. The van der Waals surface area contributed by atoms with Crippen molar-refractivity contribution in [3.05, 3.63) is 12.2 Å². The van der Waals surface area contributed by atoms with Gasteiger partial charge in [-0.3, -0.25) is 4.79 Å². The van der Waals surface area contributed by atoms with Crippen LogP contribution in [0.5, 0.6) is 0 Å². The summed E-state index contributed by atoms with van der Waals surface area (Å²) in [4.78, 5) is 10.9.